The highest BCUT2D eigenvalue weighted by molar-refractivity contribution is 5.83. The van der Waals surface area contributed by atoms with E-state index < -0.39 is 0 Å². The number of hydrogen-bond acceptors (Lipinski definition) is 3. The quantitative estimate of drug-likeness (QED) is 0.800. The zero-order chi connectivity index (χ0) is 12.1. The minimum atomic E-state index is -0.170. The highest BCUT2D eigenvalue weighted by Gasteiger charge is 2.43. The first kappa shape index (κ1) is 12.0. The molecule has 0 atom stereocenters. The van der Waals surface area contributed by atoms with Crippen molar-refractivity contribution in [2.45, 2.75) is 25.8 Å². The molecule has 0 aliphatic heterocycles. The third kappa shape index (κ3) is 2.64. The van der Waals surface area contributed by atoms with E-state index in [2.05, 4.69) is 15.6 Å². The predicted octanol–water partition coefficient (Wildman–Crippen LogP) is 1.09. The summed E-state index contributed by atoms with van der Waals surface area (Å²) in [6.07, 6.45) is 6.66. The number of rotatable bonds is 5. The van der Waals surface area contributed by atoms with Gasteiger partial charge in [-0.2, -0.15) is 0 Å². The van der Waals surface area contributed by atoms with Crippen LogP contribution in [0.4, 0.5) is 0 Å². The van der Waals surface area contributed by atoms with Crippen molar-refractivity contribution in [1.29, 1.82) is 0 Å². The van der Waals surface area contributed by atoms with Crippen LogP contribution in [-0.2, 0) is 11.3 Å². The average Bonchev–Trinajstić information content (AvgIpc) is 2.32. The van der Waals surface area contributed by atoms with E-state index in [1.54, 1.807) is 12.4 Å². The summed E-state index contributed by atoms with van der Waals surface area (Å²) in [5.41, 5.74) is 0.872. The lowest BCUT2D eigenvalue weighted by atomic mass is 9.68. The smallest absolute Gasteiger partial charge is 0.227 e. The largest absolute Gasteiger partial charge is 0.351 e. The topological polar surface area (TPSA) is 54.0 Å². The van der Waals surface area contributed by atoms with Gasteiger partial charge in [0.1, 0.15) is 0 Å². The van der Waals surface area contributed by atoms with Crippen LogP contribution >= 0.6 is 0 Å². The Morgan fingerprint density at radius 2 is 2.35 bits per heavy atom. The van der Waals surface area contributed by atoms with Crippen LogP contribution in [0.15, 0.2) is 24.5 Å². The van der Waals surface area contributed by atoms with E-state index in [0.29, 0.717) is 6.54 Å². The molecule has 1 fully saturated rings. The summed E-state index contributed by atoms with van der Waals surface area (Å²) in [7, 11) is 1.90. The lowest BCUT2D eigenvalue weighted by Gasteiger charge is -2.40. The molecule has 2 rings (SSSR count). The minimum Gasteiger partial charge on any atom is -0.351 e. The molecule has 1 heterocycles. The highest BCUT2D eigenvalue weighted by Crippen LogP contribution is 2.40. The first-order chi connectivity index (χ1) is 8.27. The van der Waals surface area contributed by atoms with Crippen LogP contribution in [0.3, 0.4) is 0 Å². The van der Waals surface area contributed by atoms with Gasteiger partial charge in [-0.1, -0.05) is 12.5 Å². The van der Waals surface area contributed by atoms with E-state index in [9.17, 15) is 4.79 Å². The van der Waals surface area contributed by atoms with E-state index in [0.717, 1.165) is 31.4 Å². The standard InChI is InChI=1S/C13H19N3O/c1-14-10-13(5-3-6-13)12(17)16-9-11-4-2-7-15-8-11/h2,4,7-8,14H,3,5-6,9-10H2,1H3,(H,16,17). The first-order valence-electron chi connectivity index (χ1n) is 6.09. The van der Waals surface area contributed by atoms with Gasteiger partial charge in [0, 0.05) is 25.5 Å². The zero-order valence-corrected chi connectivity index (χ0v) is 10.2. The summed E-state index contributed by atoms with van der Waals surface area (Å²) < 4.78 is 0. The summed E-state index contributed by atoms with van der Waals surface area (Å²) in [6.45, 7) is 1.34. The third-order valence-electron chi connectivity index (χ3n) is 3.48. The Bertz CT molecular complexity index is 374. The van der Waals surface area contributed by atoms with Gasteiger partial charge >= 0.3 is 0 Å². The second-order valence-corrected chi connectivity index (χ2v) is 4.71. The van der Waals surface area contributed by atoms with Gasteiger partial charge in [-0.05, 0) is 31.5 Å². The number of pyridine rings is 1. The van der Waals surface area contributed by atoms with Crippen molar-refractivity contribution >= 4 is 5.91 Å². The summed E-state index contributed by atoms with van der Waals surface area (Å²) in [5.74, 6) is 0.168. The maximum absolute atomic E-state index is 12.1. The summed E-state index contributed by atoms with van der Waals surface area (Å²) >= 11 is 0. The number of hydrogen-bond donors (Lipinski definition) is 2. The van der Waals surface area contributed by atoms with E-state index in [1.165, 1.54) is 0 Å². The molecule has 0 spiro atoms. The maximum Gasteiger partial charge on any atom is 0.227 e. The fraction of sp³-hybridized carbons (Fsp3) is 0.538. The number of carbonyl (C=O) groups excluding carboxylic acids is 1. The summed E-state index contributed by atoms with van der Waals surface area (Å²) in [5, 5.41) is 6.12. The molecule has 1 aliphatic rings. The van der Waals surface area contributed by atoms with Crippen LogP contribution in [-0.4, -0.2) is 24.5 Å². The SMILES string of the molecule is CNCC1(C(=O)NCc2cccnc2)CCC1. The molecule has 0 aromatic carbocycles. The van der Waals surface area contributed by atoms with Gasteiger partial charge < -0.3 is 10.6 Å². The van der Waals surface area contributed by atoms with Crippen LogP contribution in [0.5, 0.6) is 0 Å². The maximum atomic E-state index is 12.1. The van der Waals surface area contributed by atoms with E-state index in [4.69, 9.17) is 0 Å². The van der Waals surface area contributed by atoms with E-state index >= 15 is 0 Å². The van der Waals surface area contributed by atoms with Crippen molar-refractivity contribution in [1.82, 2.24) is 15.6 Å². The fourth-order valence-electron chi connectivity index (χ4n) is 2.30. The molecular weight excluding hydrogens is 214 g/mol. The Hall–Kier alpha value is -1.42. The normalized spacial score (nSPS) is 17.2. The zero-order valence-electron chi connectivity index (χ0n) is 10.2. The van der Waals surface area contributed by atoms with Crippen molar-refractivity contribution < 1.29 is 4.79 Å². The molecule has 1 saturated carbocycles. The molecular formula is C13H19N3O. The Morgan fingerprint density at radius 3 is 2.88 bits per heavy atom. The summed E-state index contributed by atoms with van der Waals surface area (Å²) in [6, 6.07) is 3.85. The Morgan fingerprint density at radius 1 is 1.53 bits per heavy atom. The van der Waals surface area contributed by atoms with Crippen LogP contribution in [0.2, 0.25) is 0 Å². The van der Waals surface area contributed by atoms with Crippen molar-refractivity contribution in [2.75, 3.05) is 13.6 Å². The second kappa shape index (κ2) is 5.27. The first-order valence-corrected chi connectivity index (χ1v) is 6.09. The Balaban J connectivity index is 1.88. The van der Waals surface area contributed by atoms with Gasteiger partial charge in [0.05, 0.1) is 5.41 Å². The monoisotopic (exact) mass is 233 g/mol. The van der Waals surface area contributed by atoms with Gasteiger partial charge in [0.2, 0.25) is 5.91 Å². The molecule has 0 saturated heterocycles. The van der Waals surface area contributed by atoms with Crippen LogP contribution < -0.4 is 10.6 Å². The molecule has 0 unspecified atom stereocenters. The van der Waals surface area contributed by atoms with Crippen molar-refractivity contribution in [3.63, 3.8) is 0 Å². The molecule has 4 nitrogen and oxygen atoms in total. The molecule has 92 valence electrons. The van der Waals surface area contributed by atoms with Gasteiger partial charge in [-0.15, -0.1) is 0 Å². The number of amides is 1. The molecule has 1 aromatic heterocycles. The number of carbonyl (C=O) groups is 1. The number of nitrogens with one attached hydrogen (secondary N) is 2. The van der Waals surface area contributed by atoms with E-state index in [1.807, 2.05) is 19.2 Å². The van der Waals surface area contributed by atoms with Gasteiger partial charge in [0.15, 0.2) is 0 Å². The fourth-order valence-corrected chi connectivity index (χ4v) is 2.30. The number of aromatic nitrogens is 1. The molecule has 0 radical (unpaired) electrons. The lowest BCUT2D eigenvalue weighted by molar-refractivity contribution is -0.135. The molecule has 0 bridgehead atoms. The lowest BCUT2D eigenvalue weighted by Crippen LogP contribution is -2.50. The summed E-state index contributed by atoms with van der Waals surface area (Å²) in [4.78, 5) is 16.2. The molecule has 4 heteroatoms. The Labute approximate surface area is 102 Å². The van der Waals surface area contributed by atoms with Gasteiger partial charge in [-0.25, -0.2) is 0 Å². The molecule has 2 N–H and O–H groups in total. The van der Waals surface area contributed by atoms with Crippen molar-refractivity contribution in [2.24, 2.45) is 5.41 Å². The van der Waals surface area contributed by atoms with E-state index in [-0.39, 0.29) is 11.3 Å². The predicted molar refractivity (Wildman–Crippen MR) is 66.3 cm³/mol. The van der Waals surface area contributed by atoms with Crippen LogP contribution in [0.1, 0.15) is 24.8 Å². The number of nitrogens with zero attached hydrogens (tertiary/aromatic N) is 1. The minimum absolute atomic E-state index is 0.168. The highest BCUT2D eigenvalue weighted by atomic mass is 16.2. The molecule has 1 amide bonds. The van der Waals surface area contributed by atoms with Crippen molar-refractivity contribution in [3.05, 3.63) is 30.1 Å². The average molecular weight is 233 g/mol. The third-order valence-corrected chi connectivity index (χ3v) is 3.48. The molecule has 1 aromatic rings. The Kier molecular flexibility index (Phi) is 3.74. The van der Waals surface area contributed by atoms with Crippen molar-refractivity contribution in [3.8, 4) is 0 Å². The van der Waals surface area contributed by atoms with Gasteiger partial charge in [-0.3, -0.25) is 9.78 Å². The molecule has 1 aliphatic carbocycles. The molecule has 17 heavy (non-hydrogen) atoms. The van der Waals surface area contributed by atoms with Crippen LogP contribution in [0.25, 0.3) is 0 Å². The second-order valence-electron chi connectivity index (χ2n) is 4.71. The van der Waals surface area contributed by atoms with Gasteiger partial charge in [0.25, 0.3) is 0 Å². The van der Waals surface area contributed by atoms with Crippen LogP contribution in [0, 0.1) is 5.41 Å².